The van der Waals surface area contributed by atoms with Crippen LogP contribution < -0.4 is 26.8 Å². The van der Waals surface area contributed by atoms with E-state index in [-0.39, 0.29) is 58.9 Å². The van der Waals surface area contributed by atoms with Crippen LogP contribution in [-0.2, 0) is 13.1 Å². The Morgan fingerprint density at radius 2 is 1.42 bits per heavy atom. The number of ether oxygens (including phenoxy) is 1. The van der Waals surface area contributed by atoms with Gasteiger partial charge in [-0.2, -0.15) is 0 Å². The van der Waals surface area contributed by atoms with E-state index in [0.717, 1.165) is 0 Å². The molecule has 16 nitrogen and oxygen atoms in total. The maximum Gasteiger partial charge on any atom is 0.293 e. The van der Waals surface area contributed by atoms with Gasteiger partial charge in [0.15, 0.2) is 11.5 Å². The fourth-order valence-corrected chi connectivity index (χ4v) is 4.91. The van der Waals surface area contributed by atoms with Crippen molar-refractivity contribution in [3.8, 4) is 11.5 Å². The minimum atomic E-state index is -0.758. The van der Waals surface area contributed by atoms with Gasteiger partial charge in [-0.1, -0.05) is 12.2 Å². The van der Waals surface area contributed by atoms with Crippen molar-refractivity contribution in [3.63, 3.8) is 0 Å². The van der Waals surface area contributed by atoms with E-state index in [2.05, 4.69) is 26.3 Å². The van der Waals surface area contributed by atoms with Crippen LogP contribution in [0.1, 0.15) is 41.8 Å². The molecule has 7 N–H and O–H groups in total. The van der Waals surface area contributed by atoms with Crippen molar-refractivity contribution in [1.29, 1.82) is 0 Å². The summed E-state index contributed by atoms with van der Waals surface area (Å²) in [4.78, 5) is 57.9. The number of nitrogens with one attached hydrogen (secondary N) is 2. The molecule has 0 aliphatic carbocycles. The van der Waals surface area contributed by atoms with Gasteiger partial charge in [-0.25, -0.2) is 9.97 Å². The lowest BCUT2D eigenvalue weighted by atomic mass is 10.1. The largest absolute Gasteiger partial charge is 0.506 e. The fourth-order valence-electron chi connectivity index (χ4n) is 4.91. The summed E-state index contributed by atoms with van der Waals surface area (Å²) in [7, 11) is 2.95. The summed E-state index contributed by atoms with van der Waals surface area (Å²) in [5.41, 5.74) is 11.7. The number of amides is 3. The summed E-state index contributed by atoms with van der Waals surface area (Å²) in [6, 6.07) is 11.9. The smallest absolute Gasteiger partial charge is 0.293 e. The molecule has 2 aromatic carbocycles. The number of aromatic hydroxyl groups is 1. The van der Waals surface area contributed by atoms with Crippen molar-refractivity contribution in [1.82, 2.24) is 19.1 Å². The summed E-state index contributed by atoms with van der Waals surface area (Å²) in [5.74, 6) is -1.44. The topological polar surface area (TPSA) is 236 Å². The molecule has 0 aliphatic heterocycles. The highest BCUT2D eigenvalue weighted by molar-refractivity contribution is 6.04. The SMILES string of the molecule is CN.COc1cc(C=O)cc2nc(NC(=O)c3ccco3)n(C/C=C/Cn3c(NC(=O)c4ccco4)nc4cc(C(N)=O)cc(O)c43)c12. The highest BCUT2D eigenvalue weighted by atomic mass is 16.5. The lowest BCUT2D eigenvalue weighted by Crippen LogP contribution is -2.16. The van der Waals surface area contributed by atoms with Crippen molar-refractivity contribution < 1.29 is 37.9 Å². The summed E-state index contributed by atoms with van der Waals surface area (Å²) >= 11 is 0. The molecule has 0 saturated heterocycles. The average Bonchev–Trinajstić information content (AvgIpc) is 3.91. The van der Waals surface area contributed by atoms with E-state index in [0.29, 0.717) is 28.6 Å². The lowest BCUT2D eigenvalue weighted by molar-refractivity contribution is 0.0988. The lowest BCUT2D eigenvalue weighted by Gasteiger charge is -2.11. The number of rotatable bonds is 11. The number of benzene rings is 2. The zero-order chi connectivity index (χ0) is 34.4. The molecule has 0 unspecified atom stereocenters. The molecular formula is C32H30N8O8. The summed E-state index contributed by atoms with van der Waals surface area (Å²) < 4.78 is 19.1. The maximum atomic E-state index is 12.8. The Balaban J connectivity index is 0.00000221. The Bertz CT molecular complexity index is 2140. The minimum absolute atomic E-state index is 0.0388. The first-order valence-electron chi connectivity index (χ1n) is 14.3. The highest BCUT2D eigenvalue weighted by Gasteiger charge is 2.21. The van der Waals surface area contributed by atoms with Crippen LogP contribution in [-0.4, -0.2) is 62.4 Å². The number of phenols is 1. The normalized spacial score (nSPS) is 11.0. The molecule has 6 aromatic rings. The molecule has 16 heteroatoms. The number of aromatic nitrogens is 4. The van der Waals surface area contributed by atoms with E-state index >= 15 is 0 Å². The molecule has 48 heavy (non-hydrogen) atoms. The van der Waals surface area contributed by atoms with Gasteiger partial charge >= 0.3 is 0 Å². The number of anilines is 2. The number of carbonyl (C=O) groups excluding carboxylic acids is 4. The molecule has 3 amide bonds. The third-order valence-electron chi connectivity index (χ3n) is 6.97. The second kappa shape index (κ2) is 14.2. The number of nitrogens with zero attached hydrogens (tertiary/aromatic N) is 4. The number of imidazole rings is 2. The first-order chi connectivity index (χ1) is 23.3. The van der Waals surface area contributed by atoms with E-state index in [1.54, 1.807) is 41.0 Å². The van der Waals surface area contributed by atoms with E-state index in [9.17, 15) is 24.3 Å². The number of phenolic OH excluding ortho intramolecular Hbond substituents is 1. The second-order valence-electron chi connectivity index (χ2n) is 9.86. The van der Waals surface area contributed by atoms with Gasteiger partial charge in [0, 0.05) is 24.2 Å². The zero-order valence-electron chi connectivity index (χ0n) is 25.7. The van der Waals surface area contributed by atoms with Gasteiger partial charge in [0.1, 0.15) is 28.8 Å². The molecule has 0 saturated carbocycles. The molecule has 0 fully saturated rings. The Labute approximate surface area is 271 Å². The number of methoxy groups -OCH3 is 1. The van der Waals surface area contributed by atoms with Crippen LogP contribution in [0.2, 0.25) is 0 Å². The van der Waals surface area contributed by atoms with Crippen LogP contribution in [0.25, 0.3) is 22.1 Å². The number of allylic oxidation sites excluding steroid dienone is 2. The van der Waals surface area contributed by atoms with Crippen LogP contribution in [0, 0.1) is 0 Å². The molecule has 0 radical (unpaired) electrons. The minimum Gasteiger partial charge on any atom is -0.506 e. The fraction of sp³-hybridized carbons (Fsp3) is 0.125. The number of hydrogen-bond donors (Lipinski definition) is 5. The van der Waals surface area contributed by atoms with Crippen LogP contribution in [0.4, 0.5) is 11.9 Å². The maximum absolute atomic E-state index is 12.8. The molecule has 0 atom stereocenters. The van der Waals surface area contributed by atoms with Gasteiger partial charge in [-0.3, -0.25) is 29.8 Å². The molecule has 4 aromatic heterocycles. The van der Waals surface area contributed by atoms with Crippen LogP contribution in [0.3, 0.4) is 0 Å². The molecule has 0 bridgehead atoms. The Kier molecular flexibility index (Phi) is 9.66. The number of nitrogens with two attached hydrogens (primary N) is 2. The Morgan fingerprint density at radius 3 is 1.90 bits per heavy atom. The van der Waals surface area contributed by atoms with Crippen LogP contribution in [0.15, 0.2) is 82.0 Å². The first kappa shape index (κ1) is 32.7. The highest BCUT2D eigenvalue weighted by Crippen LogP contribution is 2.32. The predicted octanol–water partition coefficient (Wildman–Crippen LogP) is 3.53. The monoisotopic (exact) mass is 654 g/mol. The summed E-state index contributed by atoms with van der Waals surface area (Å²) in [6.45, 7) is 0.264. The molecule has 0 spiro atoms. The Morgan fingerprint density at radius 1 is 0.875 bits per heavy atom. The van der Waals surface area contributed by atoms with Gasteiger partial charge in [0.25, 0.3) is 11.8 Å². The predicted molar refractivity (Wildman–Crippen MR) is 174 cm³/mol. The zero-order valence-corrected chi connectivity index (χ0v) is 25.7. The number of fused-ring (bicyclic) bond motifs is 2. The summed E-state index contributed by atoms with van der Waals surface area (Å²) in [6.07, 6.45) is 6.89. The molecule has 0 aliphatic rings. The van der Waals surface area contributed by atoms with E-state index in [1.165, 1.54) is 55.5 Å². The molecule has 246 valence electrons. The van der Waals surface area contributed by atoms with Crippen molar-refractivity contribution in [2.45, 2.75) is 13.1 Å². The van der Waals surface area contributed by atoms with Crippen LogP contribution in [0.5, 0.6) is 11.5 Å². The average molecular weight is 655 g/mol. The van der Waals surface area contributed by atoms with Crippen LogP contribution >= 0.6 is 0 Å². The molecule has 6 rings (SSSR count). The number of primary amides is 1. The van der Waals surface area contributed by atoms with Crippen molar-refractivity contribution in [2.24, 2.45) is 11.5 Å². The first-order valence-corrected chi connectivity index (χ1v) is 14.3. The Hall–Kier alpha value is -6.68. The third kappa shape index (κ3) is 6.49. The van der Waals surface area contributed by atoms with Crippen molar-refractivity contribution in [3.05, 3.63) is 95.9 Å². The second-order valence-corrected chi connectivity index (χ2v) is 9.86. The number of furan rings is 2. The number of aldehydes is 1. The number of carbonyl (C=O) groups is 4. The van der Waals surface area contributed by atoms with Gasteiger partial charge in [0.05, 0.1) is 30.7 Å². The van der Waals surface area contributed by atoms with E-state index in [4.69, 9.17) is 19.3 Å². The van der Waals surface area contributed by atoms with E-state index < -0.39 is 17.7 Å². The van der Waals surface area contributed by atoms with E-state index in [1.807, 2.05) is 0 Å². The molecule has 4 heterocycles. The standard InChI is InChI=1S/C31H25N7O8.CH5N/c1-44-24-13-17(16-39)12-19-26(24)38(31(33-19)36-29(43)23-7-5-11-46-23)9-3-2-8-37-25-20(14-18(27(32)41)15-21(25)40)34-30(37)35-28(42)22-6-4-10-45-22;1-2/h2-7,10-16,40H,8-9H2,1H3,(H2,32,41)(H,33,36,43)(H,34,35,42);2H2,1H3/b3-2+;. The number of hydrogen-bond acceptors (Lipinski definition) is 11. The third-order valence-corrected chi connectivity index (χ3v) is 6.97. The molecular weight excluding hydrogens is 624 g/mol. The van der Waals surface area contributed by atoms with Crippen molar-refractivity contribution in [2.75, 3.05) is 24.8 Å². The van der Waals surface area contributed by atoms with Gasteiger partial charge in [-0.05, 0) is 55.6 Å². The quantitative estimate of drug-likeness (QED) is 0.100. The van der Waals surface area contributed by atoms with Gasteiger partial charge in [-0.15, -0.1) is 0 Å². The van der Waals surface area contributed by atoms with Gasteiger partial charge < -0.3 is 39.3 Å². The van der Waals surface area contributed by atoms with Crippen molar-refractivity contribution >= 4 is 58.0 Å². The summed E-state index contributed by atoms with van der Waals surface area (Å²) in [5, 5.41) is 16.2. The van der Waals surface area contributed by atoms with Gasteiger partial charge in [0.2, 0.25) is 17.8 Å².